The first kappa shape index (κ1) is 18.7. The summed E-state index contributed by atoms with van der Waals surface area (Å²) in [5.41, 5.74) is 6.62. The van der Waals surface area contributed by atoms with Crippen molar-refractivity contribution in [2.24, 2.45) is 11.7 Å². The van der Waals surface area contributed by atoms with Gasteiger partial charge in [0.05, 0.1) is 12.0 Å². The van der Waals surface area contributed by atoms with Crippen LogP contribution in [-0.2, 0) is 6.54 Å². The van der Waals surface area contributed by atoms with Crippen LogP contribution in [0.1, 0.15) is 24.8 Å². The molecule has 1 fully saturated rings. The van der Waals surface area contributed by atoms with E-state index in [4.69, 9.17) is 10.5 Å². The number of piperidine rings is 1. The molecule has 0 amide bonds. The predicted octanol–water partition coefficient (Wildman–Crippen LogP) is 2.59. The summed E-state index contributed by atoms with van der Waals surface area (Å²) in [6.45, 7) is 3.54. The van der Waals surface area contributed by atoms with Gasteiger partial charge in [-0.05, 0) is 49.9 Å². The van der Waals surface area contributed by atoms with E-state index in [-0.39, 0.29) is 18.1 Å². The Labute approximate surface area is 137 Å². The lowest BCUT2D eigenvalue weighted by Crippen LogP contribution is -2.35. The Morgan fingerprint density at radius 2 is 2.27 bits per heavy atom. The fourth-order valence-electron chi connectivity index (χ4n) is 3.00. The molecule has 0 aromatic heterocycles. The Morgan fingerprint density at radius 3 is 2.91 bits per heavy atom. The van der Waals surface area contributed by atoms with Crippen molar-refractivity contribution in [3.05, 3.63) is 33.9 Å². The second-order valence-corrected chi connectivity index (χ2v) is 5.58. The number of ether oxygens (including phenoxy) is 1. The van der Waals surface area contributed by atoms with Gasteiger partial charge < -0.3 is 10.5 Å². The lowest BCUT2D eigenvalue weighted by molar-refractivity contribution is -0.385. The van der Waals surface area contributed by atoms with Crippen LogP contribution in [0.15, 0.2) is 18.2 Å². The minimum absolute atomic E-state index is 0. The third kappa shape index (κ3) is 4.83. The molecule has 7 heteroatoms. The van der Waals surface area contributed by atoms with E-state index in [0.29, 0.717) is 11.7 Å². The Morgan fingerprint density at radius 1 is 1.50 bits per heavy atom. The minimum Gasteiger partial charge on any atom is -0.490 e. The van der Waals surface area contributed by atoms with Gasteiger partial charge in [-0.2, -0.15) is 0 Å². The van der Waals surface area contributed by atoms with E-state index in [1.54, 1.807) is 12.1 Å². The molecule has 0 saturated carbocycles. The first-order valence-corrected chi connectivity index (χ1v) is 7.37. The van der Waals surface area contributed by atoms with Crippen LogP contribution in [0.25, 0.3) is 0 Å². The van der Waals surface area contributed by atoms with E-state index in [1.165, 1.54) is 20.0 Å². The van der Waals surface area contributed by atoms with E-state index in [9.17, 15) is 10.1 Å². The van der Waals surface area contributed by atoms with Crippen molar-refractivity contribution >= 4 is 18.1 Å². The molecule has 2 rings (SSSR count). The lowest BCUT2D eigenvalue weighted by atomic mass is 9.94. The highest BCUT2D eigenvalue weighted by Crippen LogP contribution is 2.29. The van der Waals surface area contributed by atoms with Gasteiger partial charge in [-0.3, -0.25) is 15.0 Å². The van der Waals surface area contributed by atoms with Crippen LogP contribution < -0.4 is 10.5 Å². The molecule has 1 atom stereocenters. The van der Waals surface area contributed by atoms with E-state index >= 15 is 0 Å². The van der Waals surface area contributed by atoms with E-state index in [1.807, 2.05) is 6.07 Å². The van der Waals surface area contributed by atoms with Crippen molar-refractivity contribution in [3.8, 4) is 5.75 Å². The summed E-state index contributed by atoms with van der Waals surface area (Å²) in [4.78, 5) is 13.0. The predicted molar refractivity (Wildman–Crippen MR) is 88.6 cm³/mol. The molecular weight excluding hydrogens is 306 g/mol. The van der Waals surface area contributed by atoms with Crippen molar-refractivity contribution in [1.82, 2.24) is 4.90 Å². The topological polar surface area (TPSA) is 81.6 Å². The smallest absolute Gasteiger partial charge is 0.311 e. The van der Waals surface area contributed by atoms with Crippen molar-refractivity contribution in [3.63, 3.8) is 0 Å². The Hall–Kier alpha value is -1.37. The van der Waals surface area contributed by atoms with E-state index in [0.717, 1.165) is 38.2 Å². The normalized spacial score (nSPS) is 18.5. The first-order chi connectivity index (χ1) is 10.1. The maximum Gasteiger partial charge on any atom is 0.311 e. The first-order valence-electron chi connectivity index (χ1n) is 7.37. The molecule has 1 heterocycles. The monoisotopic (exact) mass is 329 g/mol. The molecule has 1 aromatic carbocycles. The van der Waals surface area contributed by atoms with Gasteiger partial charge >= 0.3 is 5.69 Å². The van der Waals surface area contributed by atoms with Crippen LogP contribution in [0.3, 0.4) is 0 Å². The molecule has 1 aromatic rings. The fourth-order valence-corrected chi connectivity index (χ4v) is 3.00. The molecule has 1 aliphatic rings. The van der Waals surface area contributed by atoms with Crippen LogP contribution in [0.5, 0.6) is 5.75 Å². The van der Waals surface area contributed by atoms with Crippen LogP contribution in [-0.4, -0.2) is 36.6 Å². The highest BCUT2D eigenvalue weighted by molar-refractivity contribution is 5.85. The summed E-state index contributed by atoms with van der Waals surface area (Å²) in [7, 11) is 1.45. The number of nitro groups is 1. The zero-order valence-electron chi connectivity index (χ0n) is 12.9. The molecule has 0 radical (unpaired) electrons. The van der Waals surface area contributed by atoms with Crippen molar-refractivity contribution in [2.75, 3.05) is 26.7 Å². The average Bonchev–Trinajstić information content (AvgIpc) is 2.48. The zero-order chi connectivity index (χ0) is 15.2. The third-order valence-electron chi connectivity index (χ3n) is 4.02. The molecule has 1 aliphatic heterocycles. The van der Waals surface area contributed by atoms with Gasteiger partial charge in [0.1, 0.15) is 0 Å². The van der Waals surface area contributed by atoms with Gasteiger partial charge in [-0.15, -0.1) is 12.4 Å². The second-order valence-electron chi connectivity index (χ2n) is 5.58. The van der Waals surface area contributed by atoms with Crippen LogP contribution in [0, 0.1) is 16.0 Å². The quantitative estimate of drug-likeness (QED) is 0.640. The number of methoxy groups -OCH3 is 1. The number of rotatable bonds is 6. The van der Waals surface area contributed by atoms with Gasteiger partial charge in [0.2, 0.25) is 0 Å². The second kappa shape index (κ2) is 8.92. The summed E-state index contributed by atoms with van der Waals surface area (Å²) >= 11 is 0. The van der Waals surface area contributed by atoms with Crippen molar-refractivity contribution < 1.29 is 9.66 Å². The Bertz CT molecular complexity index is 497. The largest absolute Gasteiger partial charge is 0.490 e. The molecule has 1 saturated heterocycles. The number of hydrogen-bond acceptors (Lipinski definition) is 5. The Kier molecular flexibility index (Phi) is 7.58. The van der Waals surface area contributed by atoms with Gasteiger partial charge in [-0.25, -0.2) is 0 Å². The zero-order valence-corrected chi connectivity index (χ0v) is 13.7. The molecule has 0 spiro atoms. The summed E-state index contributed by atoms with van der Waals surface area (Å²) in [5, 5.41) is 11.1. The maximum absolute atomic E-state index is 11.1. The number of halogens is 1. The summed E-state index contributed by atoms with van der Waals surface area (Å²) in [5.74, 6) is 0.959. The Balaban J connectivity index is 0.00000242. The van der Waals surface area contributed by atoms with Crippen LogP contribution in [0.2, 0.25) is 0 Å². The van der Waals surface area contributed by atoms with Gasteiger partial charge in [-0.1, -0.05) is 6.07 Å². The molecule has 2 N–H and O–H groups in total. The summed E-state index contributed by atoms with van der Waals surface area (Å²) < 4.78 is 5.03. The molecule has 124 valence electrons. The van der Waals surface area contributed by atoms with Crippen molar-refractivity contribution in [2.45, 2.75) is 25.8 Å². The number of likely N-dealkylation sites (tertiary alicyclic amines) is 1. The van der Waals surface area contributed by atoms with Crippen molar-refractivity contribution in [1.29, 1.82) is 0 Å². The molecule has 0 aliphatic carbocycles. The molecule has 0 bridgehead atoms. The third-order valence-corrected chi connectivity index (χ3v) is 4.02. The molecule has 22 heavy (non-hydrogen) atoms. The number of benzene rings is 1. The standard InChI is InChI=1S/C15H23N3O3.ClH/c1-21-15-5-4-13(9-14(15)18(19)20)11-17-8-2-3-12(10-17)6-7-16;/h4-5,9,12H,2-3,6-8,10-11,16H2,1H3;1H. The van der Waals surface area contributed by atoms with E-state index in [2.05, 4.69) is 4.90 Å². The SMILES string of the molecule is COc1ccc(CN2CCCC(CCN)C2)cc1[N+](=O)[O-].Cl. The lowest BCUT2D eigenvalue weighted by Gasteiger charge is -2.32. The molecule has 1 unspecified atom stereocenters. The highest BCUT2D eigenvalue weighted by atomic mass is 35.5. The number of nitrogens with zero attached hydrogens (tertiary/aromatic N) is 2. The summed E-state index contributed by atoms with van der Waals surface area (Å²) in [6.07, 6.45) is 3.46. The van der Waals surface area contributed by atoms with Gasteiger partial charge in [0.25, 0.3) is 0 Å². The van der Waals surface area contributed by atoms with Crippen LogP contribution >= 0.6 is 12.4 Å². The highest BCUT2D eigenvalue weighted by Gasteiger charge is 2.21. The fraction of sp³-hybridized carbons (Fsp3) is 0.600. The maximum atomic E-state index is 11.1. The number of nitro benzene ring substituents is 1. The summed E-state index contributed by atoms with van der Waals surface area (Å²) in [6, 6.07) is 5.19. The number of nitrogens with two attached hydrogens (primary N) is 1. The van der Waals surface area contributed by atoms with E-state index < -0.39 is 4.92 Å². The number of hydrogen-bond donors (Lipinski definition) is 1. The van der Waals surface area contributed by atoms with Crippen LogP contribution in [0.4, 0.5) is 5.69 Å². The van der Waals surface area contributed by atoms with Gasteiger partial charge in [0.15, 0.2) is 5.75 Å². The average molecular weight is 330 g/mol. The minimum atomic E-state index is -0.393. The van der Waals surface area contributed by atoms with Gasteiger partial charge in [0, 0.05) is 19.2 Å². The molecule has 6 nitrogen and oxygen atoms in total. The molecular formula is C15H24ClN3O3.